The highest BCUT2D eigenvalue weighted by molar-refractivity contribution is 5.22. The van der Waals surface area contributed by atoms with Gasteiger partial charge in [-0.25, -0.2) is 8.78 Å². The van der Waals surface area contributed by atoms with Gasteiger partial charge in [0.2, 0.25) is 0 Å². The van der Waals surface area contributed by atoms with Crippen LogP contribution < -0.4 is 5.32 Å². The molecule has 2 atom stereocenters. The van der Waals surface area contributed by atoms with Crippen molar-refractivity contribution < 1.29 is 13.5 Å². The first-order chi connectivity index (χ1) is 10.2. The van der Waals surface area contributed by atoms with Gasteiger partial charge >= 0.3 is 0 Å². The van der Waals surface area contributed by atoms with Crippen LogP contribution in [-0.4, -0.2) is 19.2 Å². The molecule has 1 aliphatic rings. The smallest absolute Gasteiger partial charge is 0.164 e. The largest absolute Gasteiger partial charge is 0.370 e. The zero-order chi connectivity index (χ0) is 14.7. The van der Waals surface area contributed by atoms with E-state index >= 15 is 0 Å². The maximum absolute atomic E-state index is 13.7. The molecule has 0 spiro atoms. The second kappa shape index (κ2) is 6.33. The van der Waals surface area contributed by atoms with Crippen LogP contribution in [0.4, 0.5) is 8.78 Å². The van der Waals surface area contributed by atoms with E-state index in [1.54, 1.807) is 6.07 Å². The summed E-state index contributed by atoms with van der Waals surface area (Å²) < 4.78 is 32.7. The molecule has 0 amide bonds. The van der Waals surface area contributed by atoms with E-state index in [0.29, 0.717) is 13.2 Å². The maximum Gasteiger partial charge on any atom is 0.164 e. The quantitative estimate of drug-likeness (QED) is 0.936. The number of benzene rings is 2. The van der Waals surface area contributed by atoms with E-state index in [1.165, 1.54) is 11.6 Å². The van der Waals surface area contributed by atoms with Gasteiger partial charge in [0, 0.05) is 18.2 Å². The molecule has 0 saturated carbocycles. The molecule has 1 heterocycles. The molecule has 2 unspecified atom stereocenters. The average molecular weight is 289 g/mol. The molecular weight excluding hydrogens is 272 g/mol. The number of hydrogen-bond donors (Lipinski definition) is 1. The van der Waals surface area contributed by atoms with Crippen LogP contribution in [0.5, 0.6) is 0 Å². The normalized spacial score (nSPS) is 22.2. The zero-order valence-electron chi connectivity index (χ0n) is 11.6. The highest BCUT2D eigenvalue weighted by Crippen LogP contribution is 2.24. The Morgan fingerprint density at radius 1 is 1.05 bits per heavy atom. The van der Waals surface area contributed by atoms with Gasteiger partial charge < -0.3 is 10.1 Å². The molecule has 0 bridgehead atoms. The van der Waals surface area contributed by atoms with Crippen molar-refractivity contribution in [3.8, 4) is 0 Å². The molecule has 1 fully saturated rings. The summed E-state index contributed by atoms with van der Waals surface area (Å²) in [7, 11) is 0. The van der Waals surface area contributed by atoms with Crippen molar-refractivity contribution in [2.75, 3.05) is 13.2 Å². The van der Waals surface area contributed by atoms with E-state index in [9.17, 15) is 8.78 Å². The summed E-state index contributed by atoms with van der Waals surface area (Å²) in [6.45, 7) is 0.966. The van der Waals surface area contributed by atoms with Crippen LogP contribution in [-0.2, 0) is 11.2 Å². The molecule has 0 aromatic heterocycles. The van der Waals surface area contributed by atoms with E-state index < -0.39 is 17.7 Å². The van der Waals surface area contributed by atoms with Crippen LogP contribution in [0.15, 0.2) is 48.5 Å². The predicted octanol–water partition coefficient (Wildman–Crippen LogP) is 3.24. The minimum absolute atomic E-state index is 0.195. The summed E-state index contributed by atoms with van der Waals surface area (Å²) in [4.78, 5) is 0. The van der Waals surface area contributed by atoms with E-state index in [4.69, 9.17) is 4.74 Å². The number of nitrogens with one attached hydrogen (secondary N) is 1. The Balaban J connectivity index is 1.61. The van der Waals surface area contributed by atoms with Gasteiger partial charge in [0.05, 0.1) is 12.7 Å². The van der Waals surface area contributed by atoms with Gasteiger partial charge in [-0.15, -0.1) is 0 Å². The number of halogens is 2. The Morgan fingerprint density at radius 3 is 2.57 bits per heavy atom. The molecule has 2 aromatic carbocycles. The summed E-state index contributed by atoms with van der Waals surface area (Å²) in [6.07, 6.45) is 0.423. The molecule has 21 heavy (non-hydrogen) atoms. The Labute approximate surface area is 122 Å². The lowest BCUT2D eigenvalue weighted by atomic mass is 10.0. The van der Waals surface area contributed by atoms with E-state index in [0.717, 1.165) is 12.5 Å². The summed E-state index contributed by atoms with van der Waals surface area (Å²) in [6, 6.07) is 14.5. The summed E-state index contributed by atoms with van der Waals surface area (Å²) >= 11 is 0. The highest BCUT2D eigenvalue weighted by atomic mass is 19.2. The van der Waals surface area contributed by atoms with Gasteiger partial charge in [0.1, 0.15) is 0 Å². The average Bonchev–Trinajstić information content (AvgIpc) is 2.52. The molecule has 4 heteroatoms. The van der Waals surface area contributed by atoms with Crippen LogP contribution in [0.2, 0.25) is 0 Å². The molecule has 2 aromatic rings. The number of rotatable bonds is 3. The van der Waals surface area contributed by atoms with Crippen molar-refractivity contribution in [2.45, 2.75) is 18.6 Å². The van der Waals surface area contributed by atoms with E-state index in [1.807, 2.05) is 18.2 Å². The Kier molecular flexibility index (Phi) is 4.27. The van der Waals surface area contributed by atoms with Crippen molar-refractivity contribution in [3.63, 3.8) is 0 Å². The lowest BCUT2D eigenvalue weighted by molar-refractivity contribution is 0.000873. The van der Waals surface area contributed by atoms with Crippen LogP contribution in [0.25, 0.3) is 0 Å². The first kappa shape index (κ1) is 14.2. The molecule has 110 valence electrons. The summed E-state index contributed by atoms with van der Waals surface area (Å²) in [5.74, 6) is -1.65. The van der Waals surface area contributed by atoms with Crippen molar-refractivity contribution in [3.05, 3.63) is 71.3 Å². The summed E-state index contributed by atoms with van der Waals surface area (Å²) in [5, 5.41) is 3.35. The molecule has 1 aliphatic heterocycles. The van der Waals surface area contributed by atoms with Gasteiger partial charge in [-0.3, -0.25) is 0 Å². The van der Waals surface area contributed by atoms with Crippen LogP contribution in [0.3, 0.4) is 0 Å². The zero-order valence-corrected chi connectivity index (χ0v) is 11.6. The lowest BCUT2D eigenvalue weighted by Gasteiger charge is -2.31. The van der Waals surface area contributed by atoms with Gasteiger partial charge in [0.15, 0.2) is 11.6 Å². The molecule has 0 radical (unpaired) electrons. The van der Waals surface area contributed by atoms with E-state index in [2.05, 4.69) is 17.4 Å². The number of ether oxygens (including phenoxy) is 1. The van der Waals surface area contributed by atoms with Crippen molar-refractivity contribution in [1.29, 1.82) is 0 Å². The molecule has 1 N–H and O–H groups in total. The fourth-order valence-corrected chi connectivity index (χ4v) is 2.62. The molecule has 0 aliphatic carbocycles. The minimum atomic E-state index is -0.831. The van der Waals surface area contributed by atoms with Gasteiger partial charge in [-0.2, -0.15) is 0 Å². The van der Waals surface area contributed by atoms with E-state index in [-0.39, 0.29) is 11.6 Å². The minimum Gasteiger partial charge on any atom is -0.370 e. The molecule has 2 nitrogen and oxygen atoms in total. The number of hydrogen-bond acceptors (Lipinski definition) is 2. The Hall–Kier alpha value is -1.78. The highest BCUT2D eigenvalue weighted by Gasteiger charge is 2.25. The third-order valence-electron chi connectivity index (χ3n) is 3.74. The predicted molar refractivity (Wildman–Crippen MR) is 77.0 cm³/mol. The second-order valence-electron chi connectivity index (χ2n) is 5.26. The molecule has 1 saturated heterocycles. The molecular formula is C17H17F2NO. The SMILES string of the molecule is Fc1cccc(C2CNC(Cc3ccccc3)CO2)c1F. The first-order valence-corrected chi connectivity index (χ1v) is 7.07. The van der Waals surface area contributed by atoms with Crippen LogP contribution in [0.1, 0.15) is 17.2 Å². The fraction of sp³-hybridized carbons (Fsp3) is 0.294. The van der Waals surface area contributed by atoms with Gasteiger partial charge in [-0.05, 0) is 18.1 Å². The number of morpholine rings is 1. The monoisotopic (exact) mass is 289 g/mol. The topological polar surface area (TPSA) is 21.3 Å². The third-order valence-corrected chi connectivity index (χ3v) is 3.74. The first-order valence-electron chi connectivity index (χ1n) is 7.07. The van der Waals surface area contributed by atoms with Gasteiger partial charge in [-0.1, -0.05) is 42.5 Å². The Bertz CT molecular complexity index is 595. The van der Waals surface area contributed by atoms with Crippen LogP contribution >= 0.6 is 0 Å². The second-order valence-corrected chi connectivity index (χ2v) is 5.26. The van der Waals surface area contributed by atoms with Crippen molar-refractivity contribution in [2.24, 2.45) is 0 Å². The maximum atomic E-state index is 13.7. The van der Waals surface area contributed by atoms with Crippen LogP contribution in [0, 0.1) is 11.6 Å². The van der Waals surface area contributed by atoms with Gasteiger partial charge in [0.25, 0.3) is 0 Å². The standard InChI is InChI=1S/C17H17F2NO/c18-15-8-4-7-14(17(15)19)16-10-20-13(11-21-16)9-12-5-2-1-3-6-12/h1-8,13,16,20H,9-11H2. The molecule has 3 rings (SSSR count). The fourth-order valence-electron chi connectivity index (χ4n) is 2.62. The Morgan fingerprint density at radius 2 is 1.86 bits per heavy atom. The van der Waals surface area contributed by atoms with Crippen molar-refractivity contribution in [1.82, 2.24) is 5.32 Å². The van der Waals surface area contributed by atoms with Crippen molar-refractivity contribution >= 4 is 0 Å². The third kappa shape index (κ3) is 3.28. The summed E-state index contributed by atoms with van der Waals surface area (Å²) in [5.41, 5.74) is 1.51. The lowest BCUT2D eigenvalue weighted by Crippen LogP contribution is -2.44.